The quantitative estimate of drug-likeness (QED) is 0.578. The highest BCUT2D eigenvalue weighted by atomic mass is 16.5. The molecule has 8 heteroatoms. The fourth-order valence-electron chi connectivity index (χ4n) is 7.04. The Kier molecular flexibility index (Phi) is 5.71. The lowest BCUT2D eigenvalue weighted by Gasteiger charge is -2.56. The van der Waals surface area contributed by atoms with Gasteiger partial charge in [-0.05, 0) is 49.7 Å². The highest BCUT2D eigenvalue weighted by Gasteiger charge is 2.68. The normalized spacial score (nSPS) is 39.2. The number of hydrogen-bond acceptors (Lipinski definition) is 7. The average Bonchev–Trinajstić information content (AvgIpc) is 3.02. The molecule has 0 aromatic rings. The predicted octanol–water partition coefficient (Wildman–Crippen LogP) is 2.18. The van der Waals surface area contributed by atoms with E-state index in [9.17, 15) is 29.1 Å². The van der Waals surface area contributed by atoms with Crippen LogP contribution in [0.25, 0.3) is 0 Å². The molecule has 33 heavy (non-hydrogen) atoms. The molecule has 0 aliphatic heterocycles. The molecule has 0 amide bonds. The minimum Gasteiger partial charge on any atom is -0.481 e. The number of esters is 1. The minimum atomic E-state index is -1.79. The molecule has 0 bridgehead atoms. The smallest absolute Gasteiger partial charge is 0.306 e. The summed E-state index contributed by atoms with van der Waals surface area (Å²) in [5.74, 6) is -3.05. The summed E-state index contributed by atoms with van der Waals surface area (Å²) >= 11 is 0. The summed E-state index contributed by atoms with van der Waals surface area (Å²) in [6.07, 6.45) is 6.49. The molecule has 4 aliphatic carbocycles. The molecule has 3 fully saturated rings. The Morgan fingerprint density at radius 2 is 1.88 bits per heavy atom. The van der Waals surface area contributed by atoms with Crippen molar-refractivity contribution in [1.29, 1.82) is 0 Å². The van der Waals surface area contributed by atoms with E-state index in [4.69, 9.17) is 9.84 Å². The number of carboxylic acid groups (broad SMARTS) is 1. The first kappa shape index (κ1) is 23.5. The van der Waals surface area contributed by atoms with Gasteiger partial charge in [0, 0.05) is 23.2 Å². The zero-order chi connectivity index (χ0) is 24.2. The van der Waals surface area contributed by atoms with Crippen LogP contribution >= 0.6 is 0 Å². The third-order valence-corrected chi connectivity index (χ3v) is 8.78. The minimum absolute atomic E-state index is 0.0163. The van der Waals surface area contributed by atoms with E-state index in [2.05, 4.69) is 0 Å². The molecule has 0 unspecified atom stereocenters. The zero-order valence-corrected chi connectivity index (χ0v) is 19.0. The van der Waals surface area contributed by atoms with E-state index in [1.807, 2.05) is 13.0 Å². The van der Waals surface area contributed by atoms with E-state index in [1.54, 1.807) is 13.0 Å². The summed E-state index contributed by atoms with van der Waals surface area (Å²) in [7, 11) is 0. The number of fused-ring (bicyclic) bond motifs is 5. The molecule has 0 aromatic carbocycles. The summed E-state index contributed by atoms with van der Waals surface area (Å²) in [6, 6.07) is 0. The standard InChI is InChI=1S/C25H30O8/c1-23-9-7-15(26)11-14(23)3-4-16-17-8-10-25(32,24(17,2)12-18(27)22(16)23)19(28)13-33-21(31)6-5-20(29)30/h7,9,11,16-17,22,32H,3-6,8,10,12-13H2,1-2H3,(H,29,30)/t16-,17-,22+,23-,24-,25-/m0/s1. The predicted molar refractivity (Wildman–Crippen MR) is 115 cm³/mol. The van der Waals surface area contributed by atoms with Crippen LogP contribution in [0, 0.1) is 28.6 Å². The number of carbonyl (C=O) groups excluding carboxylic acids is 4. The van der Waals surface area contributed by atoms with Crippen LogP contribution in [-0.2, 0) is 28.7 Å². The first-order valence-electron chi connectivity index (χ1n) is 11.5. The van der Waals surface area contributed by atoms with Gasteiger partial charge in [-0.25, -0.2) is 0 Å². The molecule has 8 nitrogen and oxygen atoms in total. The fraction of sp³-hybridized carbons (Fsp3) is 0.640. The Hall–Kier alpha value is -2.61. The Labute approximate surface area is 192 Å². The van der Waals surface area contributed by atoms with Gasteiger partial charge in [-0.3, -0.25) is 24.0 Å². The number of carboxylic acids is 1. The lowest BCUT2D eigenvalue weighted by Crippen LogP contribution is -2.60. The maximum atomic E-state index is 13.5. The van der Waals surface area contributed by atoms with E-state index in [0.717, 1.165) is 5.57 Å². The average molecular weight is 459 g/mol. The highest BCUT2D eigenvalue weighted by molar-refractivity contribution is 6.02. The van der Waals surface area contributed by atoms with Crippen molar-refractivity contribution in [2.24, 2.45) is 28.6 Å². The molecule has 3 saturated carbocycles. The van der Waals surface area contributed by atoms with Crippen LogP contribution in [0.1, 0.15) is 58.8 Å². The van der Waals surface area contributed by atoms with Gasteiger partial charge in [0.2, 0.25) is 5.78 Å². The Morgan fingerprint density at radius 1 is 1.15 bits per heavy atom. The molecule has 0 saturated heterocycles. The summed E-state index contributed by atoms with van der Waals surface area (Å²) in [5.41, 5.74) is -2.31. The molecule has 4 aliphatic rings. The number of aliphatic carboxylic acids is 1. The fourth-order valence-corrected chi connectivity index (χ4v) is 7.04. The van der Waals surface area contributed by atoms with E-state index < -0.39 is 47.2 Å². The van der Waals surface area contributed by atoms with Crippen molar-refractivity contribution in [3.05, 3.63) is 23.8 Å². The van der Waals surface area contributed by atoms with Gasteiger partial charge in [-0.1, -0.05) is 25.5 Å². The number of ketones is 3. The van der Waals surface area contributed by atoms with Crippen LogP contribution in [0.4, 0.5) is 0 Å². The van der Waals surface area contributed by atoms with Crippen LogP contribution in [0.15, 0.2) is 23.8 Å². The second kappa shape index (κ2) is 8.01. The van der Waals surface area contributed by atoms with Crippen molar-refractivity contribution in [3.8, 4) is 0 Å². The molecule has 2 N–H and O–H groups in total. The van der Waals surface area contributed by atoms with E-state index in [1.165, 1.54) is 6.08 Å². The van der Waals surface area contributed by atoms with Crippen molar-refractivity contribution in [2.45, 2.75) is 64.4 Å². The summed E-state index contributed by atoms with van der Waals surface area (Å²) in [4.78, 5) is 60.8. The van der Waals surface area contributed by atoms with Crippen LogP contribution < -0.4 is 0 Å². The second-order valence-electron chi connectivity index (χ2n) is 10.4. The van der Waals surface area contributed by atoms with Crippen LogP contribution in [0.2, 0.25) is 0 Å². The monoisotopic (exact) mass is 458 g/mol. The number of Topliss-reactive ketones (excluding diaryl/α,β-unsaturated/α-hetero) is 2. The van der Waals surface area contributed by atoms with E-state index in [0.29, 0.717) is 19.3 Å². The van der Waals surface area contributed by atoms with Gasteiger partial charge in [0.15, 0.2) is 12.4 Å². The third-order valence-electron chi connectivity index (χ3n) is 8.78. The molecule has 4 rings (SSSR count). The number of hydrogen-bond donors (Lipinski definition) is 2. The van der Waals surface area contributed by atoms with Crippen LogP contribution in [0.5, 0.6) is 0 Å². The third kappa shape index (κ3) is 3.59. The second-order valence-corrected chi connectivity index (χ2v) is 10.4. The molecular weight excluding hydrogens is 428 g/mol. The van der Waals surface area contributed by atoms with Gasteiger partial charge >= 0.3 is 11.9 Å². The van der Waals surface area contributed by atoms with Gasteiger partial charge in [-0.15, -0.1) is 0 Å². The van der Waals surface area contributed by atoms with Crippen molar-refractivity contribution in [3.63, 3.8) is 0 Å². The number of ether oxygens (including phenoxy) is 1. The van der Waals surface area contributed by atoms with Gasteiger partial charge in [0.05, 0.1) is 12.8 Å². The van der Waals surface area contributed by atoms with Gasteiger partial charge < -0.3 is 14.9 Å². The lowest BCUT2D eigenvalue weighted by molar-refractivity contribution is -0.172. The summed E-state index contributed by atoms with van der Waals surface area (Å²) in [6.45, 7) is 3.15. The largest absolute Gasteiger partial charge is 0.481 e. The Bertz CT molecular complexity index is 992. The SMILES string of the molecule is C[C@]12C=CC(=O)C=C1CC[C@@H]1[C@@H]2C(=O)C[C@@]2(C)[C@H]1CC[C@]2(O)C(=O)COC(=O)CCC(=O)O. The molecule has 178 valence electrons. The molecule has 0 aromatic heterocycles. The number of rotatable bonds is 6. The molecule has 0 heterocycles. The summed E-state index contributed by atoms with van der Waals surface area (Å²) in [5, 5.41) is 20.2. The van der Waals surface area contributed by atoms with E-state index in [-0.39, 0.29) is 48.6 Å². The number of carbonyl (C=O) groups is 5. The Balaban J connectivity index is 1.54. The first-order valence-corrected chi connectivity index (χ1v) is 11.5. The Morgan fingerprint density at radius 3 is 2.58 bits per heavy atom. The van der Waals surface area contributed by atoms with Gasteiger partial charge in [0.1, 0.15) is 11.4 Å². The maximum Gasteiger partial charge on any atom is 0.306 e. The molecule has 6 atom stereocenters. The summed E-state index contributed by atoms with van der Waals surface area (Å²) < 4.78 is 4.94. The lowest BCUT2D eigenvalue weighted by atomic mass is 9.46. The van der Waals surface area contributed by atoms with Gasteiger partial charge in [0.25, 0.3) is 0 Å². The topological polar surface area (TPSA) is 135 Å². The number of allylic oxidation sites excluding steroid dienone is 4. The maximum absolute atomic E-state index is 13.5. The molecular formula is C25H30O8. The van der Waals surface area contributed by atoms with Crippen molar-refractivity contribution in [2.75, 3.05) is 6.61 Å². The van der Waals surface area contributed by atoms with Crippen molar-refractivity contribution in [1.82, 2.24) is 0 Å². The molecule has 0 spiro atoms. The first-order chi connectivity index (χ1) is 15.4. The van der Waals surface area contributed by atoms with Crippen molar-refractivity contribution < 1.29 is 38.9 Å². The van der Waals surface area contributed by atoms with Crippen LogP contribution in [0.3, 0.4) is 0 Å². The van der Waals surface area contributed by atoms with Crippen LogP contribution in [-0.4, -0.2) is 51.7 Å². The van der Waals surface area contributed by atoms with Gasteiger partial charge in [-0.2, -0.15) is 0 Å². The van der Waals surface area contributed by atoms with Crippen molar-refractivity contribution >= 4 is 29.3 Å². The zero-order valence-electron chi connectivity index (χ0n) is 19.0. The van der Waals surface area contributed by atoms with E-state index >= 15 is 0 Å². The molecule has 0 radical (unpaired) electrons. The number of aliphatic hydroxyl groups is 1. The highest BCUT2D eigenvalue weighted by Crippen LogP contribution is 2.66.